The fourth-order valence-corrected chi connectivity index (χ4v) is 17.9. The second kappa shape index (κ2) is 30.4. The molecule has 574 valence electrons. The Balaban J connectivity index is 0.000000107. The molecule has 0 fully saturated rings. The summed E-state index contributed by atoms with van der Waals surface area (Å²) >= 11 is 0. The Morgan fingerprint density at radius 3 is 1.18 bits per heavy atom. The molecule has 0 bridgehead atoms. The molecule has 0 unspecified atom stereocenters. The minimum Gasteiger partial charge on any atom is -0.456 e. The molecule has 0 aliphatic heterocycles. The van der Waals surface area contributed by atoms with Crippen LogP contribution >= 0.6 is 0 Å². The van der Waals surface area contributed by atoms with Gasteiger partial charge in [0, 0.05) is 82.7 Å². The summed E-state index contributed by atoms with van der Waals surface area (Å²) in [4.78, 5) is 30.4. The molecule has 18 aromatic carbocycles. The normalized spacial score (nSPS) is 11.6. The van der Waals surface area contributed by atoms with Gasteiger partial charge < -0.3 is 13.3 Å². The Hall–Kier alpha value is -16.6. The fraction of sp³-hybridized carbons (Fsp3) is 0. The van der Waals surface area contributed by atoms with Crippen LogP contribution < -0.4 is 0 Å². The predicted molar refractivity (Wildman–Crippen MR) is 507 cm³/mol. The average Bonchev–Trinajstić information content (AvgIpc) is 1.43. The van der Waals surface area contributed by atoms with Crippen molar-refractivity contribution in [3.63, 3.8) is 0 Å². The largest absolute Gasteiger partial charge is 0.456 e. The van der Waals surface area contributed by atoms with E-state index in [1.54, 1.807) is 0 Å². The summed E-state index contributed by atoms with van der Waals surface area (Å²) in [6.45, 7) is 0. The highest BCUT2D eigenvalue weighted by Gasteiger charge is 2.24. The van der Waals surface area contributed by atoms with Gasteiger partial charge in [0.05, 0.1) is 50.5 Å². The zero-order chi connectivity index (χ0) is 81.3. The van der Waals surface area contributed by atoms with Crippen LogP contribution in [0.4, 0.5) is 0 Å². The second-order valence-electron chi connectivity index (χ2n) is 30.9. The first-order valence-electron chi connectivity index (χ1n) is 41.3. The standard InChI is InChI=1S/C40H24N2O.C38H24N2O.C36H22N2O/c1-2-10-26-23-27(19-18-25(26)9-1)40-33-15-8-22-41-35(33)24-36(42-40)31-21-20-30(28-11-3-4-12-29(28)31)32-14-7-17-38-39(32)34-13-5-6-16-37(34)43-38;1-3-10-27(11-4-1)37-31-23-22-29(24-33(31)39-38(40-37)28-12-5-2-6-13-28)25-18-20-26(21-19-25)30-15-9-17-35-36(30)32-14-7-8-16-34(32)41-35;1-2-11-23(12-3-1)35-36(38-31-18-8-7-17-30(31)37-35)28-22-21-26(24-13-4-5-14-25(24)28)27-16-10-20-33-34(27)29-15-6-9-19-32(29)39-33/h1-24H;1-24H;1-22H. The second-order valence-corrected chi connectivity index (χ2v) is 30.9. The topological polar surface area (TPSA) is 117 Å². The Kier molecular flexibility index (Phi) is 17.7. The van der Waals surface area contributed by atoms with Crippen molar-refractivity contribution in [1.82, 2.24) is 29.9 Å². The van der Waals surface area contributed by atoms with Gasteiger partial charge in [-0.3, -0.25) is 4.98 Å². The molecule has 0 saturated carbocycles. The molecule has 25 aromatic rings. The molecule has 7 heterocycles. The molecule has 9 nitrogen and oxygen atoms in total. The number of pyridine rings is 2. The van der Waals surface area contributed by atoms with Crippen LogP contribution in [0.3, 0.4) is 0 Å². The van der Waals surface area contributed by atoms with Gasteiger partial charge >= 0.3 is 0 Å². The summed E-state index contributed by atoms with van der Waals surface area (Å²) in [6.07, 6.45) is 1.85. The lowest BCUT2D eigenvalue weighted by Gasteiger charge is -2.15. The molecule has 0 saturated heterocycles. The fourth-order valence-electron chi connectivity index (χ4n) is 17.9. The first kappa shape index (κ1) is 71.7. The van der Waals surface area contributed by atoms with Crippen LogP contribution in [-0.2, 0) is 0 Å². The average molecular weight is 1570 g/mol. The monoisotopic (exact) mass is 1570 g/mol. The third-order valence-electron chi connectivity index (χ3n) is 23.7. The highest BCUT2D eigenvalue weighted by Crippen LogP contribution is 2.47. The van der Waals surface area contributed by atoms with Crippen LogP contribution in [0.1, 0.15) is 0 Å². The Labute approximate surface area is 706 Å². The van der Waals surface area contributed by atoms with Crippen LogP contribution in [0.25, 0.3) is 243 Å². The van der Waals surface area contributed by atoms with Crippen molar-refractivity contribution in [2.24, 2.45) is 0 Å². The van der Waals surface area contributed by atoms with Crippen molar-refractivity contribution < 1.29 is 13.3 Å². The number of hydrogen-bond donors (Lipinski definition) is 0. The number of furan rings is 3. The summed E-state index contributed by atoms with van der Waals surface area (Å²) in [5.74, 6) is 0.727. The van der Waals surface area contributed by atoms with Crippen molar-refractivity contribution in [3.8, 4) is 112 Å². The lowest BCUT2D eigenvalue weighted by Crippen LogP contribution is -1.96. The van der Waals surface area contributed by atoms with E-state index in [0.717, 1.165) is 205 Å². The van der Waals surface area contributed by atoms with Gasteiger partial charge in [0.1, 0.15) is 33.5 Å². The number of aromatic nitrogens is 6. The van der Waals surface area contributed by atoms with Crippen molar-refractivity contribution in [2.45, 2.75) is 0 Å². The smallest absolute Gasteiger partial charge is 0.160 e. The number of rotatable bonds is 10. The van der Waals surface area contributed by atoms with E-state index in [1.165, 1.54) is 38.2 Å². The van der Waals surface area contributed by atoms with Gasteiger partial charge in [0.2, 0.25) is 0 Å². The third-order valence-corrected chi connectivity index (χ3v) is 23.7. The molecule has 0 spiro atoms. The van der Waals surface area contributed by atoms with Gasteiger partial charge in [-0.05, 0) is 162 Å². The number of para-hydroxylation sites is 5. The minimum atomic E-state index is 0.727. The van der Waals surface area contributed by atoms with Gasteiger partial charge in [-0.25, -0.2) is 24.9 Å². The molecule has 0 N–H and O–H groups in total. The van der Waals surface area contributed by atoms with E-state index in [4.69, 9.17) is 43.2 Å². The third kappa shape index (κ3) is 12.9. The van der Waals surface area contributed by atoms with Crippen LogP contribution in [-0.4, -0.2) is 29.9 Å². The molecule has 0 aliphatic carbocycles. The van der Waals surface area contributed by atoms with Crippen LogP contribution in [0, 0.1) is 0 Å². The SMILES string of the molecule is c1ccc(-c2nc(-c3ccccc3)c3ccc(-c4ccc(-c5cccc6oc7ccccc7c56)cc4)cc3n2)cc1.c1ccc(-c2nc3ccccc3nc2-c2ccc(-c3cccc4oc5ccccc5c34)c3ccccc23)cc1.c1ccc2cc(-c3nc(-c4ccc(-c5cccc6oc7ccccc7c56)c5ccccc45)cc4ncccc34)ccc2c1. The number of nitrogens with zero attached hydrogens (tertiary/aromatic N) is 6. The van der Waals surface area contributed by atoms with E-state index in [-0.39, 0.29) is 0 Å². The summed E-state index contributed by atoms with van der Waals surface area (Å²) in [7, 11) is 0. The summed E-state index contributed by atoms with van der Waals surface area (Å²) in [5, 5.41) is 16.0. The number of fused-ring (bicyclic) bond motifs is 15. The zero-order valence-electron chi connectivity index (χ0n) is 66.3. The van der Waals surface area contributed by atoms with Gasteiger partial charge in [0.15, 0.2) is 5.82 Å². The summed E-state index contributed by atoms with van der Waals surface area (Å²) in [5.41, 5.74) is 29.2. The van der Waals surface area contributed by atoms with Crippen molar-refractivity contribution in [2.75, 3.05) is 0 Å². The van der Waals surface area contributed by atoms with E-state index < -0.39 is 0 Å². The molecule has 0 atom stereocenters. The van der Waals surface area contributed by atoms with E-state index in [1.807, 2.05) is 140 Å². The number of hydrogen-bond acceptors (Lipinski definition) is 9. The van der Waals surface area contributed by atoms with E-state index in [0.29, 0.717) is 0 Å². The quantitative estimate of drug-likeness (QED) is 0.132. The molecule has 7 aromatic heterocycles. The predicted octanol–water partition coefficient (Wildman–Crippen LogP) is 30.7. The molecule has 123 heavy (non-hydrogen) atoms. The minimum absolute atomic E-state index is 0.727. The van der Waals surface area contributed by atoms with Crippen LogP contribution in [0.15, 0.2) is 438 Å². The van der Waals surface area contributed by atoms with Gasteiger partial charge in [-0.1, -0.05) is 334 Å². The van der Waals surface area contributed by atoms with E-state index in [9.17, 15) is 0 Å². The zero-order valence-corrected chi connectivity index (χ0v) is 66.3. The van der Waals surface area contributed by atoms with Gasteiger partial charge in [0.25, 0.3) is 0 Å². The van der Waals surface area contributed by atoms with Gasteiger partial charge in [-0.2, -0.15) is 0 Å². The van der Waals surface area contributed by atoms with Crippen molar-refractivity contribution >= 4 is 131 Å². The highest BCUT2D eigenvalue weighted by atomic mass is 16.3. The number of benzene rings is 18. The lowest BCUT2D eigenvalue weighted by atomic mass is 9.90. The Bertz CT molecular complexity index is 8450. The van der Waals surface area contributed by atoms with Crippen LogP contribution in [0.5, 0.6) is 0 Å². The summed E-state index contributed by atoms with van der Waals surface area (Å²) in [6, 6.07) is 145. The molecular weight excluding hydrogens is 1500 g/mol. The first-order valence-corrected chi connectivity index (χ1v) is 41.3. The maximum Gasteiger partial charge on any atom is 0.160 e. The van der Waals surface area contributed by atoms with Gasteiger partial charge in [-0.15, -0.1) is 0 Å². The highest BCUT2D eigenvalue weighted by molar-refractivity contribution is 6.19. The van der Waals surface area contributed by atoms with E-state index in [2.05, 4.69) is 285 Å². The maximum absolute atomic E-state index is 6.23. The molecule has 9 heteroatoms. The maximum atomic E-state index is 6.23. The van der Waals surface area contributed by atoms with E-state index >= 15 is 0 Å². The first-order chi connectivity index (χ1) is 61.0. The summed E-state index contributed by atoms with van der Waals surface area (Å²) < 4.78 is 18.6. The molecule has 0 amide bonds. The molecule has 25 rings (SSSR count). The van der Waals surface area contributed by atoms with Crippen molar-refractivity contribution in [3.05, 3.63) is 425 Å². The molecule has 0 radical (unpaired) electrons. The van der Waals surface area contributed by atoms with Crippen molar-refractivity contribution in [1.29, 1.82) is 0 Å². The Morgan fingerprint density at radius 2 is 0.585 bits per heavy atom. The lowest BCUT2D eigenvalue weighted by molar-refractivity contribution is 0.668. The van der Waals surface area contributed by atoms with Crippen LogP contribution in [0.2, 0.25) is 0 Å². The molecular formula is C114H70N6O3. The molecule has 0 aliphatic rings. The Morgan fingerprint density at radius 1 is 0.171 bits per heavy atom.